The van der Waals surface area contributed by atoms with Gasteiger partial charge in [0, 0.05) is 21.1 Å². The smallest absolute Gasteiger partial charge is 0.262 e. The number of carbonyl (C=O) groups is 1. The van der Waals surface area contributed by atoms with Gasteiger partial charge in [0.15, 0.2) is 11.5 Å². The van der Waals surface area contributed by atoms with E-state index < -0.39 is 0 Å². The Morgan fingerprint density at radius 1 is 1.30 bits per heavy atom. The lowest BCUT2D eigenvalue weighted by molar-refractivity contribution is -0.117. The largest absolute Gasteiger partial charge is 0.493 e. The third-order valence-corrected chi connectivity index (χ3v) is 6.03. The molecule has 0 unspecified atom stereocenters. The van der Waals surface area contributed by atoms with Crippen molar-refractivity contribution in [2.75, 3.05) is 7.11 Å². The van der Waals surface area contributed by atoms with Crippen LogP contribution in [0.3, 0.4) is 0 Å². The molecule has 156 valence electrons. The Labute approximate surface area is 189 Å². The van der Waals surface area contributed by atoms with Crippen LogP contribution in [-0.2, 0) is 11.4 Å². The van der Waals surface area contributed by atoms with E-state index in [2.05, 4.69) is 21.2 Å². The zero-order valence-corrected chi connectivity index (χ0v) is 18.9. The van der Waals surface area contributed by atoms with E-state index in [1.807, 2.05) is 24.3 Å². The molecule has 3 rings (SSSR count). The molecule has 30 heavy (non-hydrogen) atoms. The van der Waals surface area contributed by atoms with Gasteiger partial charge in [0.25, 0.3) is 5.91 Å². The fraction of sp³-hybridized carbons (Fsp3) is 0.304. The first kappa shape index (κ1) is 22.2. The summed E-state index contributed by atoms with van der Waals surface area (Å²) in [6.45, 7) is 0.283. The Morgan fingerprint density at radius 3 is 2.70 bits per heavy atom. The molecule has 5 nitrogen and oxygen atoms in total. The molecule has 0 aliphatic heterocycles. The van der Waals surface area contributed by atoms with Gasteiger partial charge in [-0.05, 0) is 42.7 Å². The van der Waals surface area contributed by atoms with Crippen LogP contribution in [0.2, 0.25) is 5.02 Å². The molecule has 1 amide bonds. The monoisotopic (exact) mass is 488 g/mol. The first-order valence-corrected chi connectivity index (χ1v) is 10.8. The Morgan fingerprint density at radius 2 is 2.03 bits per heavy atom. The van der Waals surface area contributed by atoms with Crippen molar-refractivity contribution in [2.24, 2.45) is 0 Å². The Balaban J connectivity index is 1.79. The van der Waals surface area contributed by atoms with Crippen LogP contribution >= 0.6 is 27.5 Å². The lowest BCUT2D eigenvalue weighted by Gasteiger charge is -2.14. The molecule has 1 aliphatic rings. The summed E-state index contributed by atoms with van der Waals surface area (Å²) < 4.78 is 12.0. The Hall–Kier alpha value is -2.49. The summed E-state index contributed by atoms with van der Waals surface area (Å²) >= 11 is 9.69. The number of ether oxygens (including phenoxy) is 2. The normalized spacial score (nSPS) is 14.3. The number of rotatable bonds is 7. The molecular formula is C23H22BrClN2O3. The molecule has 0 heterocycles. The van der Waals surface area contributed by atoms with E-state index in [-0.39, 0.29) is 24.1 Å². The van der Waals surface area contributed by atoms with Gasteiger partial charge >= 0.3 is 0 Å². The lowest BCUT2D eigenvalue weighted by Crippen LogP contribution is -2.33. The van der Waals surface area contributed by atoms with E-state index in [0.29, 0.717) is 26.6 Å². The number of methoxy groups -OCH3 is 1. The van der Waals surface area contributed by atoms with Crippen LogP contribution < -0.4 is 14.8 Å². The summed E-state index contributed by atoms with van der Waals surface area (Å²) in [6.07, 6.45) is 5.68. The molecule has 1 aliphatic carbocycles. The summed E-state index contributed by atoms with van der Waals surface area (Å²) in [6, 6.07) is 13.1. The summed E-state index contributed by atoms with van der Waals surface area (Å²) in [4.78, 5) is 12.5. The van der Waals surface area contributed by atoms with E-state index in [9.17, 15) is 10.1 Å². The maximum absolute atomic E-state index is 12.5. The van der Waals surface area contributed by atoms with Gasteiger partial charge in [-0.15, -0.1) is 0 Å². The third-order valence-electron chi connectivity index (χ3n) is 4.98. The van der Waals surface area contributed by atoms with Crippen LogP contribution in [0.1, 0.15) is 36.8 Å². The van der Waals surface area contributed by atoms with Crippen molar-refractivity contribution in [3.05, 3.63) is 62.6 Å². The number of nitrogens with zero attached hydrogens (tertiary/aromatic N) is 1. The van der Waals surface area contributed by atoms with Gasteiger partial charge in [-0.3, -0.25) is 4.79 Å². The van der Waals surface area contributed by atoms with Crippen LogP contribution in [-0.4, -0.2) is 19.1 Å². The molecule has 1 saturated carbocycles. The van der Waals surface area contributed by atoms with Gasteiger partial charge in [-0.2, -0.15) is 5.26 Å². The summed E-state index contributed by atoms with van der Waals surface area (Å²) in [5, 5.41) is 13.0. The van der Waals surface area contributed by atoms with E-state index >= 15 is 0 Å². The molecular weight excluding hydrogens is 468 g/mol. The van der Waals surface area contributed by atoms with E-state index in [1.165, 1.54) is 7.11 Å². The van der Waals surface area contributed by atoms with Gasteiger partial charge in [-0.1, -0.05) is 58.6 Å². The Bertz CT molecular complexity index is 994. The minimum absolute atomic E-state index is 0.0504. The molecule has 1 fully saturated rings. The van der Waals surface area contributed by atoms with Crippen molar-refractivity contribution in [2.45, 2.75) is 38.3 Å². The number of hydrogen-bond donors (Lipinski definition) is 1. The molecule has 0 radical (unpaired) electrons. The summed E-state index contributed by atoms with van der Waals surface area (Å²) in [5.41, 5.74) is 1.56. The molecule has 0 saturated heterocycles. The van der Waals surface area contributed by atoms with Crippen molar-refractivity contribution >= 4 is 39.5 Å². The fourth-order valence-corrected chi connectivity index (χ4v) is 3.97. The van der Waals surface area contributed by atoms with Crippen LogP contribution in [0.5, 0.6) is 11.5 Å². The molecule has 2 aromatic carbocycles. The minimum atomic E-state index is -0.352. The first-order chi connectivity index (χ1) is 14.5. The molecule has 1 N–H and O–H groups in total. The average molecular weight is 490 g/mol. The standard InChI is InChI=1S/C23H22BrClN2O3/c1-29-21-11-16(10-17(13-26)23(28)27-18-7-3-4-8-18)19(24)12-22(21)30-14-15-6-2-5-9-20(15)25/h2,5-6,9-12,18H,3-4,7-8,14H2,1H3,(H,27,28)/b17-10-. The number of nitrogens with one attached hydrogen (secondary N) is 1. The Kier molecular flexibility index (Phi) is 7.78. The first-order valence-electron chi connectivity index (χ1n) is 9.68. The topological polar surface area (TPSA) is 71.3 Å². The number of hydrogen-bond acceptors (Lipinski definition) is 4. The third kappa shape index (κ3) is 5.56. The number of nitriles is 1. The number of carbonyl (C=O) groups excluding carboxylic acids is 1. The van der Waals surface area contributed by atoms with Crippen molar-refractivity contribution in [1.82, 2.24) is 5.32 Å². The highest BCUT2D eigenvalue weighted by Gasteiger charge is 2.20. The van der Waals surface area contributed by atoms with Gasteiger partial charge in [0.1, 0.15) is 18.2 Å². The predicted molar refractivity (Wildman–Crippen MR) is 120 cm³/mol. The summed E-state index contributed by atoms with van der Waals surface area (Å²) in [7, 11) is 1.54. The van der Waals surface area contributed by atoms with Gasteiger partial charge in [-0.25, -0.2) is 0 Å². The van der Waals surface area contributed by atoms with Crippen LogP contribution in [0.4, 0.5) is 0 Å². The second-order valence-corrected chi connectivity index (χ2v) is 8.29. The van der Waals surface area contributed by atoms with Gasteiger partial charge in [0.2, 0.25) is 0 Å². The molecule has 2 aromatic rings. The van der Waals surface area contributed by atoms with Crippen LogP contribution in [0, 0.1) is 11.3 Å². The number of halogens is 2. The number of amides is 1. The fourth-order valence-electron chi connectivity index (χ4n) is 3.34. The minimum Gasteiger partial charge on any atom is -0.493 e. The van der Waals surface area contributed by atoms with Crippen molar-refractivity contribution in [3.63, 3.8) is 0 Å². The number of benzene rings is 2. The van der Waals surface area contributed by atoms with E-state index in [1.54, 1.807) is 24.3 Å². The van der Waals surface area contributed by atoms with Crippen molar-refractivity contribution in [1.29, 1.82) is 5.26 Å². The molecule has 0 aromatic heterocycles. The predicted octanol–water partition coefficient (Wildman–Crippen LogP) is 5.66. The zero-order valence-electron chi connectivity index (χ0n) is 16.6. The SMILES string of the molecule is COc1cc(/C=C(/C#N)C(=O)NC2CCCC2)c(Br)cc1OCc1ccccc1Cl. The lowest BCUT2D eigenvalue weighted by atomic mass is 10.1. The van der Waals surface area contributed by atoms with Crippen molar-refractivity contribution in [3.8, 4) is 17.6 Å². The maximum atomic E-state index is 12.5. The van der Waals surface area contributed by atoms with Crippen LogP contribution in [0.25, 0.3) is 6.08 Å². The molecule has 0 atom stereocenters. The van der Waals surface area contributed by atoms with E-state index in [0.717, 1.165) is 31.2 Å². The van der Waals surface area contributed by atoms with Crippen LogP contribution in [0.15, 0.2) is 46.4 Å². The second-order valence-electron chi connectivity index (χ2n) is 7.03. The summed E-state index contributed by atoms with van der Waals surface area (Å²) in [5.74, 6) is 0.662. The maximum Gasteiger partial charge on any atom is 0.262 e. The van der Waals surface area contributed by atoms with E-state index in [4.69, 9.17) is 21.1 Å². The van der Waals surface area contributed by atoms with Crippen molar-refractivity contribution < 1.29 is 14.3 Å². The molecule has 0 bridgehead atoms. The molecule has 7 heteroatoms. The quantitative estimate of drug-likeness (QED) is 0.403. The molecule has 0 spiro atoms. The highest BCUT2D eigenvalue weighted by atomic mass is 79.9. The van der Waals surface area contributed by atoms with Gasteiger partial charge < -0.3 is 14.8 Å². The average Bonchev–Trinajstić information content (AvgIpc) is 3.25. The van der Waals surface area contributed by atoms with Gasteiger partial charge in [0.05, 0.1) is 7.11 Å². The highest BCUT2D eigenvalue weighted by molar-refractivity contribution is 9.10. The highest BCUT2D eigenvalue weighted by Crippen LogP contribution is 2.35. The zero-order chi connectivity index (χ0) is 21.5. The second kappa shape index (κ2) is 10.5.